The van der Waals surface area contributed by atoms with Crippen molar-refractivity contribution in [2.75, 3.05) is 31.1 Å². The third-order valence-electron chi connectivity index (χ3n) is 6.68. The first-order chi connectivity index (χ1) is 16.0. The number of H-pyrrole nitrogens is 1. The lowest BCUT2D eigenvalue weighted by Crippen LogP contribution is -2.58. The Kier molecular flexibility index (Phi) is 4.55. The van der Waals surface area contributed by atoms with Crippen molar-refractivity contribution in [1.29, 1.82) is 0 Å². The molecule has 1 N–H and O–H groups in total. The number of piperazine rings is 1. The zero-order valence-corrected chi connectivity index (χ0v) is 18.9. The van der Waals surface area contributed by atoms with Gasteiger partial charge in [-0.3, -0.25) is 14.9 Å². The number of carbonyl (C=O) groups excluding carboxylic acids is 1. The molecule has 1 fully saturated rings. The van der Waals surface area contributed by atoms with Crippen LogP contribution in [-0.4, -0.2) is 58.3 Å². The number of hydrogen-bond donors (Lipinski definition) is 1. The van der Waals surface area contributed by atoms with E-state index in [0.717, 1.165) is 49.9 Å². The van der Waals surface area contributed by atoms with E-state index in [4.69, 9.17) is 21.3 Å². The molecule has 4 heterocycles. The third kappa shape index (κ3) is 3.07. The summed E-state index contributed by atoms with van der Waals surface area (Å²) in [4.78, 5) is 21.0. The molecule has 2 aromatic heterocycles. The number of aryl methyl sites for hydroxylation is 1. The molecule has 0 radical (unpaired) electrons. The van der Waals surface area contributed by atoms with Gasteiger partial charge in [0.25, 0.3) is 0 Å². The molecule has 6 rings (SSSR count). The van der Waals surface area contributed by atoms with Crippen molar-refractivity contribution in [1.82, 2.24) is 20.1 Å². The molecular weight excluding hydrogens is 438 g/mol. The lowest BCUT2D eigenvalue weighted by Gasteiger charge is -2.45. The van der Waals surface area contributed by atoms with Gasteiger partial charge in [-0.15, -0.1) is 0 Å². The maximum atomic E-state index is 12.1. The predicted octanol–water partition coefficient (Wildman–Crippen LogP) is 4.34. The molecule has 2 aliphatic rings. The lowest BCUT2D eigenvalue weighted by molar-refractivity contribution is -0.127. The van der Waals surface area contributed by atoms with E-state index in [1.165, 1.54) is 6.08 Å². The quantitative estimate of drug-likeness (QED) is 0.451. The van der Waals surface area contributed by atoms with Crippen molar-refractivity contribution >= 4 is 45.0 Å². The topological polar surface area (TPSA) is 74.4 Å². The van der Waals surface area contributed by atoms with Crippen LogP contribution in [0.15, 0.2) is 49.3 Å². The van der Waals surface area contributed by atoms with Gasteiger partial charge >= 0.3 is 0 Å². The predicted molar refractivity (Wildman–Crippen MR) is 130 cm³/mol. The molecule has 8 heteroatoms. The molecule has 0 bridgehead atoms. The first-order valence-corrected chi connectivity index (χ1v) is 11.3. The van der Waals surface area contributed by atoms with Gasteiger partial charge in [-0.05, 0) is 42.3 Å². The number of aromatic amines is 1. The van der Waals surface area contributed by atoms with E-state index in [2.05, 4.69) is 34.7 Å². The van der Waals surface area contributed by atoms with Gasteiger partial charge in [0.05, 0.1) is 35.2 Å². The highest BCUT2D eigenvalue weighted by atomic mass is 35.5. The SMILES string of the molecule is C=CC(=O)N1CCN2c3c(cnc4cc(-c5c(C)ccc6[nH]ncc56)c(Cl)cc34)OC[C@H]2C1. The van der Waals surface area contributed by atoms with E-state index >= 15 is 0 Å². The van der Waals surface area contributed by atoms with Gasteiger partial charge in [-0.2, -0.15) is 5.10 Å². The van der Waals surface area contributed by atoms with Crippen molar-refractivity contribution < 1.29 is 9.53 Å². The average Bonchev–Trinajstić information content (AvgIpc) is 3.31. The zero-order chi connectivity index (χ0) is 22.7. The molecule has 0 spiro atoms. The lowest BCUT2D eigenvalue weighted by atomic mass is 9.95. The van der Waals surface area contributed by atoms with Crippen LogP contribution in [0.25, 0.3) is 32.9 Å². The number of ether oxygens (including phenoxy) is 1. The Morgan fingerprint density at radius 2 is 2.15 bits per heavy atom. The van der Waals surface area contributed by atoms with Crippen LogP contribution in [0.3, 0.4) is 0 Å². The normalized spacial score (nSPS) is 17.6. The maximum Gasteiger partial charge on any atom is 0.246 e. The number of pyridine rings is 1. The minimum atomic E-state index is -0.0449. The van der Waals surface area contributed by atoms with E-state index in [1.54, 1.807) is 6.20 Å². The number of carbonyl (C=O) groups is 1. The van der Waals surface area contributed by atoms with E-state index in [9.17, 15) is 4.79 Å². The zero-order valence-electron chi connectivity index (χ0n) is 18.1. The van der Waals surface area contributed by atoms with Gasteiger partial charge in [-0.25, -0.2) is 0 Å². The molecule has 2 aliphatic heterocycles. The largest absolute Gasteiger partial charge is 0.488 e. The summed E-state index contributed by atoms with van der Waals surface area (Å²) in [6.45, 7) is 8.15. The number of nitrogens with one attached hydrogen (secondary N) is 1. The van der Waals surface area contributed by atoms with E-state index in [-0.39, 0.29) is 11.9 Å². The van der Waals surface area contributed by atoms with Crippen LogP contribution >= 0.6 is 11.6 Å². The van der Waals surface area contributed by atoms with Crippen molar-refractivity contribution in [3.63, 3.8) is 0 Å². The number of rotatable bonds is 2. The minimum Gasteiger partial charge on any atom is -0.488 e. The summed E-state index contributed by atoms with van der Waals surface area (Å²) < 4.78 is 6.06. The van der Waals surface area contributed by atoms with Crippen LogP contribution in [0.5, 0.6) is 5.75 Å². The van der Waals surface area contributed by atoms with Gasteiger partial charge < -0.3 is 14.5 Å². The maximum absolute atomic E-state index is 12.1. The summed E-state index contributed by atoms with van der Waals surface area (Å²) in [5, 5.41) is 9.87. The number of benzene rings is 2. The Hall–Kier alpha value is -3.58. The van der Waals surface area contributed by atoms with Crippen LogP contribution in [-0.2, 0) is 4.79 Å². The summed E-state index contributed by atoms with van der Waals surface area (Å²) in [5.41, 5.74) is 5.91. The molecular formula is C25H22ClN5O2. The van der Waals surface area contributed by atoms with Crippen molar-refractivity contribution in [3.8, 4) is 16.9 Å². The number of aromatic nitrogens is 3. The minimum absolute atomic E-state index is 0.0449. The number of halogens is 1. The van der Waals surface area contributed by atoms with Gasteiger partial charge in [0.1, 0.15) is 6.61 Å². The monoisotopic (exact) mass is 459 g/mol. The van der Waals surface area contributed by atoms with Crippen LogP contribution in [0.2, 0.25) is 5.02 Å². The molecule has 1 amide bonds. The fourth-order valence-electron chi connectivity index (χ4n) is 5.07. The first-order valence-electron chi connectivity index (χ1n) is 10.9. The second-order valence-corrected chi connectivity index (χ2v) is 8.96. The number of nitrogens with zero attached hydrogens (tertiary/aromatic N) is 4. The molecule has 0 aliphatic carbocycles. The Morgan fingerprint density at radius 1 is 1.27 bits per heavy atom. The molecule has 33 heavy (non-hydrogen) atoms. The average molecular weight is 460 g/mol. The van der Waals surface area contributed by atoms with Crippen LogP contribution < -0.4 is 9.64 Å². The summed E-state index contributed by atoms with van der Waals surface area (Å²) in [5.74, 6) is 0.704. The van der Waals surface area contributed by atoms with Gasteiger partial charge in [0.2, 0.25) is 5.91 Å². The van der Waals surface area contributed by atoms with Crippen LogP contribution in [0, 0.1) is 6.92 Å². The molecule has 0 unspecified atom stereocenters. The number of hydrogen-bond acceptors (Lipinski definition) is 5. The smallest absolute Gasteiger partial charge is 0.246 e. The van der Waals surface area contributed by atoms with Crippen molar-refractivity contribution in [2.45, 2.75) is 13.0 Å². The highest BCUT2D eigenvalue weighted by Crippen LogP contribution is 2.44. The first kappa shape index (κ1) is 20.1. The molecule has 2 aromatic carbocycles. The molecule has 166 valence electrons. The molecule has 1 saturated heterocycles. The molecule has 1 atom stereocenters. The fourth-order valence-corrected chi connectivity index (χ4v) is 5.32. The standard InChI is InChI=1S/C25H22ClN5O2/c1-3-23(32)30-6-7-31-15(12-30)13-33-22-11-27-21-9-16(19(26)8-17(21)25(22)31)24-14(2)4-5-20-18(24)10-28-29-20/h3-5,8-11,15H,1,6-7,12-13H2,2H3,(H,28,29)/t15-/m1/s1. The molecule has 4 aromatic rings. The van der Waals surface area contributed by atoms with Crippen LogP contribution in [0.1, 0.15) is 5.56 Å². The van der Waals surface area contributed by atoms with E-state index < -0.39 is 0 Å². The highest BCUT2D eigenvalue weighted by Gasteiger charge is 2.35. The summed E-state index contributed by atoms with van der Waals surface area (Å²) in [6, 6.07) is 8.20. The van der Waals surface area contributed by atoms with E-state index in [0.29, 0.717) is 31.3 Å². The van der Waals surface area contributed by atoms with Crippen molar-refractivity contribution in [3.05, 3.63) is 59.9 Å². The highest BCUT2D eigenvalue weighted by molar-refractivity contribution is 6.35. The Bertz CT molecular complexity index is 1450. The van der Waals surface area contributed by atoms with Gasteiger partial charge in [-0.1, -0.05) is 24.2 Å². The van der Waals surface area contributed by atoms with E-state index in [1.807, 2.05) is 29.3 Å². The summed E-state index contributed by atoms with van der Waals surface area (Å²) in [7, 11) is 0. The fraction of sp³-hybridized carbons (Fsp3) is 0.240. The third-order valence-corrected chi connectivity index (χ3v) is 7.00. The second kappa shape index (κ2) is 7.49. The van der Waals surface area contributed by atoms with Crippen molar-refractivity contribution in [2.24, 2.45) is 0 Å². The number of fused-ring (bicyclic) bond motifs is 6. The molecule has 7 nitrogen and oxygen atoms in total. The number of anilines is 1. The Balaban J connectivity index is 1.48. The Labute approximate surface area is 195 Å². The Morgan fingerprint density at radius 3 is 3.00 bits per heavy atom. The summed E-state index contributed by atoms with van der Waals surface area (Å²) in [6.07, 6.45) is 5.00. The second-order valence-electron chi connectivity index (χ2n) is 8.56. The summed E-state index contributed by atoms with van der Waals surface area (Å²) >= 11 is 6.90. The van der Waals surface area contributed by atoms with Gasteiger partial charge in [0.15, 0.2) is 5.75 Å². The molecule has 0 saturated carbocycles. The number of amides is 1. The van der Waals surface area contributed by atoms with Crippen LogP contribution in [0.4, 0.5) is 5.69 Å². The van der Waals surface area contributed by atoms with Gasteiger partial charge in [0, 0.05) is 41.0 Å².